The van der Waals surface area contributed by atoms with Crippen LogP contribution in [0.3, 0.4) is 0 Å². The first-order chi connectivity index (χ1) is 20.1. The predicted molar refractivity (Wildman–Crippen MR) is 152 cm³/mol. The lowest BCUT2D eigenvalue weighted by molar-refractivity contribution is 0.102. The number of nitrogens with two attached hydrogens (primary N) is 1. The summed E-state index contributed by atoms with van der Waals surface area (Å²) in [5.74, 6) is 7.67. The van der Waals surface area contributed by atoms with E-state index >= 15 is 0 Å². The molecule has 0 spiro atoms. The molecule has 41 heavy (non-hydrogen) atoms. The first-order valence-electron chi connectivity index (χ1n) is 13.7. The minimum atomic E-state index is -0.874. The number of alkyl halides is 1. The van der Waals surface area contributed by atoms with Crippen molar-refractivity contribution in [2.24, 2.45) is 5.90 Å². The fourth-order valence-electron chi connectivity index (χ4n) is 5.03. The molecular formula is C31H35FN4O5. The Morgan fingerprint density at radius 3 is 2.56 bits per heavy atom. The van der Waals surface area contributed by atoms with Crippen molar-refractivity contribution >= 4 is 0 Å². The predicted octanol–water partition coefficient (Wildman–Crippen LogP) is 4.76. The van der Waals surface area contributed by atoms with Crippen molar-refractivity contribution in [3.63, 3.8) is 0 Å². The second-order valence-electron chi connectivity index (χ2n) is 9.97. The topological polar surface area (TPSA) is 115 Å². The molecule has 4 N–H and O–H groups in total. The highest BCUT2D eigenvalue weighted by atomic mass is 19.1. The fourth-order valence-corrected chi connectivity index (χ4v) is 5.03. The van der Waals surface area contributed by atoms with Crippen LogP contribution >= 0.6 is 0 Å². The van der Waals surface area contributed by atoms with Gasteiger partial charge >= 0.3 is 0 Å². The molecule has 2 heterocycles. The Morgan fingerprint density at radius 1 is 0.976 bits per heavy atom. The van der Waals surface area contributed by atoms with E-state index in [0.717, 1.165) is 11.1 Å². The standard InChI is InChI=1S/C31H35FN4O5/c32-13-4-5-14-36-26(31(38)34-30(36)23-7-2-1-3-8-23)20-35(21-27(37)24-9-6-10-25(18-24)41-33)19-22-11-12-28-29(17-22)40-16-15-39-28/h1-3,6-12,17-18,27,37-38H,4-5,13-16,19-21,33H2. The van der Waals surface area contributed by atoms with E-state index in [1.807, 2.05) is 64.1 Å². The maximum absolute atomic E-state index is 13.0. The van der Waals surface area contributed by atoms with Crippen LogP contribution in [0.15, 0.2) is 72.8 Å². The minimum absolute atomic E-state index is 0.0932. The Kier molecular flexibility index (Phi) is 9.35. The number of rotatable bonds is 13. The summed E-state index contributed by atoms with van der Waals surface area (Å²) < 4.78 is 26.4. The van der Waals surface area contributed by atoms with Gasteiger partial charge in [0, 0.05) is 31.7 Å². The van der Waals surface area contributed by atoms with Crippen molar-refractivity contribution in [3.05, 3.63) is 89.6 Å². The van der Waals surface area contributed by atoms with Gasteiger partial charge in [0.05, 0.1) is 18.5 Å². The SMILES string of the molecule is NOc1cccc(C(O)CN(Cc2ccc3c(c2)OCCO3)Cc2c(O)nc(-c3ccccc3)n2CCCCF)c1. The molecule has 216 valence electrons. The molecule has 1 atom stereocenters. The van der Waals surface area contributed by atoms with Gasteiger partial charge in [-0.3, -0.25) is 9.29 Å². The number of aliphatic hydroxyl groups is 1. The lowest BCUT2D eigenvalue weighted by Gasteiger charge is -2.27. The van der Waals surface area contributed by atoms with Crippen LogP contribution in [-0.2, 0) is 19.6 Å². The number of hydrogen-bond acceptors (Lipinski definition) is 8. The van der Waals surface area contributed by atoms with Gasteiger partial charge in [0.25, 0.3) is 0 Å². The molecule has 0 amide bonds. The number of ether oxygens (including phenoxy) is 2. The van der Waals surface area contributed by atoms with E-state index in [0.29, 0.717) is 73.5 Å². The van der Waals surface area contributed by atoms with Gasteiger partial charge in [-0.25, -0.2) is 0 Å². The summed E-state index contributed by atoms with van der Waals surface area (Å²) in [6.45, 7) is 2.02. The lowest BCUT2D eigenvalue weighted by Crippen LogP contribution is -2.29. The number of aliphatic hydroxyl groups excluding tert-OH is 1. The zero-order valence-corrected chi connectivity index (χ0v) is 22.8. The molecule has 9 nitrogen and oxygen atoms in total. The third-order valence-corrected chi connectivity index (χ3v) is 7.04. The van der Waals surface area contributed by atoms with Gasteiger partial charge in [-0.1, -0.05) is 48.5 Å². The van der Waals surface area contributed by atoms with Crippen LogP contribution in [0.5, 0.6) is 23.1 Å². The number of aromatic hydroxyl groups is 1. The van der Waals surface area contributed by atoms with E-state index < -0.39 is 12.8 Å². The van der Waals surface area contributed by atoms with Crippen LogP contribution in [0, 0.1) is 0 Å². The maximum atomic E-state index is 13.0. The van der Waals surface area contributed by atoms with Crippen molar-refractivity contribution in [2.45, 2.75) is 38.6 Å². The molecule has 4 aromatic rings. The summed E-state index contributed by atoms with van der Waals surface area (Å²) in [6.07, 6.45) is 0.127. The minimum Gasteiger partial charge on any atom is -0.492 e. The molecule has 0 saturated heterocycles. The summed E-state index contributed by atoms with van der Waals surface area (Å²) >= 11 is 0. The number of nitrogens with zero attached hydrogens (tertiary/aromatic N) is 3. The van der Waals surface area contributed by atoms with Gasteiger partial charge in [0.15, 0.2) is 11.5 Å². The number of halogens is 1. The average Bonchev–Trinajstić information content (AvgIpc) is 3.32. The molecule has 10 heteroatoms. The molecule has 5 rings (SSSR count). The monoisotopic (exact) mass is 562 g/mol. The quantitative estimate of drug-likeness (QED) is 0.158. The summed E-state index contributed by atoms with van der Waals surface area (Å²) in [5.41, 5.74) is 3.04. The van der Waals surface area contributed by atoms with Gasteiger partial charge in [0.2, 0.25) is 5.88 Å². The van der Waals surface area contributed by atoms with Crippen LogP contribution in [0.25, 0.3) is 11.4 Å². The maximum Gasteiger partial charge on any atom is 0.234 e. The molecule has 1 aliphatic heterocycles. The van der Waals surface area contributed by atoms with E-state index in [9.17, 15) is 14.6 Å². The molecule has 0 saturated carbocycles. The molecular weight excluding hydrogens is 527 g/mol. The van der Waals surface area contributed by atoms with E-state index in [-0.39, 0.29) is 19.0 Å². The van der Waals surface area contributed by atoms with Crippen LogP contribution < -0.4 is 20.2 Å². The normalized spacial score (nSPS) is 13.4. The Balaban J connectivity index is 1.47. The Labute approximate surface area is 238 Å². The van der Waals surface area contributed by atoms with Crippen molar-refractivity contribution in [1.82, 2.24) is 14.5 Å². The molecule has 0 radical (unpaired) electrons. The number of hydrogen-bond donors (Lipinski definition) is 3. The number of aromatic nitrogens is 2. The van der Waals surface area contributed by atoms with Gasteiger partial charge in [-0.2, -0.15) is 10.9 Å². The smallest absolute Gasteiger partial charge is 0.234 e. The second kappa shape index (κ2) is 13.5. The van der Waals surface area contributed by atoms with Gasteiger partial charge in [-0.15, -0.1) is 0 Å². The summed E-state index contributed by atoms with van der Waals surface area (Å²) in [4.78, 5) is 11.4. The molecule has 1 aliphatic rings. The van der Waals surface area contributed by atoms with Crippen molar-refractivity contribution in [2.75, 3.05) is 26.4 Å². The van der Waals surface area contributed by atoms with Gasteiger partial charge in [0.1, 0.15) is 24.8 Å². The first-order valence-corrected chi connectivity index (χ1v) is 13.7. The highest BCUT2D eigenvalue weighted by Crippen LogP contribution is 2.33. The second-order valence-corrected chi connectivity index (χ2v) is 9.97. The molecule has 3 aromatic carbocycles. The van der Waals surface area contributed by atoms with Crippen molar-refractivity contribution < 1.29 is 28.9 Å². The van der Waals surface area contributed by atoms with E-state index in [4.69, 9.17) is 20.2 Å². The van der Waals surface area contributed by atoms with Crippen LogP contribution in [0.2, 0.25) is 0 Å². The number of imidazole rings is 1. The van der Waals surface area contributed by atoms with E-state index in [2.05, 4.69) is 4.98 Å². The Hall–Kier alpha value is -4.12. The van der Waals surface area contributed by atoms with Gasteiger partial charge < -0.3 is 29.1 Å². The largest absolute Gasteiger partial charge is 0.492 e. The zero-order chi connectivity index (χ0) is 28.6. The molecule has 1 aromatic heterocycles. The number of unbranched alkanes of at least 4 members (excludes halogenated alkanes) is 1. The number of fused-ring (bicyclic) bond motifs is 1. The third-order valence-electron chi connectivity index (χ3n) is 7.04. The summed E-state index contributed by atoms with van der Waals surface area (Å²) in [6, 6.07) is 22.4. The summed E-state index contributed by atoms with van der Waals surface area (Å²) in [5, 5.41) is 22.3. The zero-order valence-electron chi connectivity index (χ0n) is 22.8. The van der Waals surface area contributed by atoms with Crippen molar-refractivity contribution in [1.29, 1.82) is 0 Å². The van der Waals surface area contributed by atoms with Crippen LogP contribution in [0.4, 0.5) is 4.39 Å². The molecule has 0 aliphatic carbocycles. The van der Waals surface area contributed by atoms with E-state index in [1.54, 1.807) is 18.2 Å². The molecule has 1 unspecified atom stereocenters. The van der Waals surface area contributed by atoms with Crippen molar-refractivity contribution in [3.8, 4) is 34.5 Å². The first kappa shape index (κ1) is 28.4. The van der Waals surface area contributed by atoms with Gasteiger partial charge in [-0.05, 0) is 48.2 Å². The van der Waals surface area contributed by atoms with E-state index in [1.165, 1.54) is 0 Å². The molecule has 0 fully saturated rings. The summed E-state index contributed by atoms with van der Waals surface area (Å²) in [7, 11) is 0. The van der Waals surface area contributed by atoms with Crippen LogP contribution in [0.1, 0.15) is 35.8 Å². The third kappa shape index (κ3) is 6.97. The van der Waals surface area contributed by atoms with Crippen LogP contribution in [-0.4, -0.2) is 51.1 Å². The highest BCUT2D eigenvalue weighted by molar-refractivity contribution is 5.57. The Bertz CT molecular complexity index is 1430. The lowest BCUT2D eigenvalue weighted by atomic mass is 10.1. The Morgan fingerprint density at radius 2 is 1.78 bits per heavy atom. The average molecular weight is 563 g/mol. The fraction of sp³-hybridized carbons (Fsp3) is 0.323. The highest BCUT2D eigenvalue weighted by Gasteiger charge is 2.23. The molecule has 0 bridgehead atoms. The number of benzene rings is 3.